The van der Waals surface area contributed by atoms with E-state index < -0.39 is 6.67 Å². The molecule has 7 nitrogen and oxygen atoms in total. The third kappa shape index (κ3) is 2.30. The number of alkyl halides is 1. The number of aromatic nitrogens is 6. The number of hydrogen-bond donors (Lipinski definition) is 0. The highest BCUT2D eigenvalue weighted by molar-refractivity contribution is 5.61. The molecule has 3 aromatic rings. The van der Waals surface area contributed by atoms with Gasteiger partial charge in [-0.05, 0) is 12.8 Å². The number of nitrogens with zero attached hydrogens (tertiary/aromatic N) is 6. The molecule has 1 aliphatic rings. The van der Waals surface area contributed by atoms with Crippen molar-refractivity contribution in [1.29, 1.82) is 0 Å². The molecule has 0 N–H and O–H groups in total. The number of rotatable bonds is 5. The molecule has 3 aromatic heterocycles. The van der Waals surface area contributed by atoms with Gasteiger partial charge in [0.2, 0.25) is 5.82 Å². The van der Waals surface area contributed by atoms with Crippen LogP contribution in [-0.4, -0.2) is 36.4 Å². The second-order valence-electron chi connectivity index (χ2n) is 5.48. The molecule has 0 amide bonds. The number of halogens is 1. The molecule has 1 saturated carbocycles. The van der Waals surface area contributed by atoms with Crippen LogP contribution in [0.2, 0.25) is 0 Å². The van der Waals surface area contributed by atoms with Gasteiger partial charge >= 0.3 is 0 Å². The van der Waals surface area contributed by atoms with E-state index in [-0.39, 0.29) is 6.54 Å². The second-order valence-corrected chi connectivity index (χ2v) is 5.48. The van der Waals surface area contributed by atoms with Gasteiger partial charge in [0.25, 0.3) is 5.89 Å². The molecule has 114 valence electrons. The van der Waals surface area contributed by atoms with Gasteiger partial charge in [-0.1, -0.05) is 5.16 Å². The van der Waals surface area contributed by atoms with Crippen molar-refractivity contribution in [3.05, 3.63) is 24.3 Å². The van der Waals surface area contributed by atoms with Crippen LogP contribution >= 0.6 is 0 Å². The van der Waals surface area contributed by atoms with Gasteiger partial charge in [0.15, 0.2) is 0 Å². The monoisotopic (exact) mass is 302 g/mol. The summed E-state index contributed by atoms with van der Waals surface area (Å²) in [6.07, 6.45) is 7.52. The molecule has 3 heterocycles. The molecule has 0 spiro atoms. The van der Waals surface area contributed by atoms with E-state index in [0.717, 1.165) is 24.1 Å². The van der Waals surface area contributed by atoms with Gasteiger partial charge in [0, 0.05) is 25.4 Å². The Morgan fingerprint density at radius 3 is 3.00 bits per heavy atom. The SMILES string of the molecule is Cn1cc(-c2nc(-c3cnn(CCF)c3)no2)c(C2CC2)n1. The third-order valence-electron chi connectivity index (χ3n) is 3.68. The maximum atomic E-state index is 12.3. The lowest BCUT2D eigenvalue weighted by Crippen LogP contribution is -1.98. The lowest BCUT2D eigenvalue weighted by Gasteiger charge is -1.93. The van der Waals surface area contributed by atoms with Crippen LogP contribution in [0.1, 0.15) is 24.5 Å². The highest BCUT2D eigenvalue weighted by Gasteiger charge is 2.31. The fourth-order valence-corrected chi connectivity index (χ4v) is 2.47. The molecule has 0 aromatic carbocycles. The van der Waals surface area contributed by atoms with E-state index in [1.54, 1.807) is 17.1 Å². The summed E-state index contributed by atoms with van der Waals surface area (Å²) in [6.45, 7) is -0.238. The fourth-order valence-electron chi connectivity index (χ4n) is 2.47. The molecule has 0 atom stereocenters. The largest absolute Gasteiger partial charge is 0.333 e. The molecular weight excluding hydrogens is 287 g/mol. The Labute approximate surface area is 125 Å². The summed E-state index contributed by atoms with van der Waals surface area (Å²) in [7, 11) is 1.88. The van der Waals surface area contributed by atoms with E-state index in [4.69, 9.17) is 4.52 Å². The van der Waals surface area contributed by atoms with E-state index in [1.165, 1.54) is 4.68 Å². The minimum absolute atomic E-state index is 0.221. The van der Waals surface area contributed by atoms with Crippen LogP contribution in [0.25, 0.3) is 22.8 Å². The topological polar surface area (TPSA) is 74.6 Å². The number of aryl methyl sites for hydroxylation is 2. The molecule has 0 saturated heterocycles. The Hall–Kier alpha value is -2.51. The molecule has 0 bridgehead atoms. The minimum Gasteiger partial charge on any atom is -0.333 e. The highest BCUT2D eigenvalue weighted by Crippen LogP contribution is 2.43. The van der Waals surface area contributed by atoms with Crippen molar-refractivity contribution >= 4 is 0 Å². The molecular formula is C14H15FN6O. The summed E-state index contributed by atoms with van der Waals surface area (Å²) in [5.41, 5.74) is 2.62. The van der Waals surface area contributed by atoms with Crippen molar-refractivity contribution in [2.45, 2.75) is 25.3 Å². The van der Waals surface area contributed by atoms with Gasteiger partial charge in [-0.2, -0.15) is 15.2 Å². The van der Waals surface area contributed by atoms with Crippen LogP contribution in [-0.2, 0) is 13.6 Å². The lowest BCUT2D eigenvalue weighted by molar-refractivity contribution is 0.427. The van der Waals surface area contributed by atoms with Gasteiger partial charge in [-0.3, -0.25) is 9.36 Å². The van der Waals surface area contributed by atoms with E-state index >= 15 is 0 Å². The molecule has 0 radical (unpaired) electrons. The van der Waals surface area contributed by atoms with Crippen LogP contribution in [0.4, 0.5) is 4.39 Å². The van der Waals surface area contributed by atoms with Crippen LogP contribution in [0.5, 0.6) is 0 Å². The van der Waals surface area contributed by atoms with E-state index in [1.807, 2.05) is 13.2 Å². The van der Waals surface area contributed by atoms with E-state index in [0.29, 0.717) is 23.2 Å². The lowest BCUT2D eigenvalue weighted by atomic mass is 10.2. The van der Waals surface area contributed by atoms with Gasteiger partial charge in [0.05, 0.1) is 29.6 Å². The predicted octanol–water partition coefficient (Wildman–Crippen LogP) is 2.18. The Balaban J connectivity index is 1.66. The second kappa shape index (κ2) is 5.04. The molecule has 1 fully saturated rings. The Morgan fingerprint density at radius 1 is 1.36 bits per heavy atom. The number of hydrogen-bond acceptors (Lipinski definition) is 5. The van der Waals surface area contributed by atoms with Crippen LogP contribution in [0.15, 0.2) is 23.1 Å². The van der Waals surface area contributed by atoms with E-state index in [9.17, 15) is 4.39 Å². The third-order valence-corrected chi connectivity index (χ3v) is 3.68. The zero-order chi connectivity index (χ0) is 15.1. The predicted molar refractivity (Wildman–Crippen MR) is 75.7 cm³/mol. The van der Waals surface area contributed by atoms with Crippen LogP contribution in [0, 0.1) is 0 Å². The zero-order valence-corrected chi connectivity index (χ0v) is 12.1. The van der Waals surface area contributed by atoms with Crippen molar-refractivity contribution < 1.29 is 8.91 Å². The normalized spacial score (nSPS) is 14.6. The van der Waals surface area contributed by atoms with Gasteiger partial charge < -0.3 is 4.52 Å². The Kier molecular flexibility index (Phi) is 3.02. The molecule has 0 aliphatic heterocycles. The quantitative estimate of drug-likeness (QED) is 0.722. The van der Waals surface area contributed by atoms with Gasteiger partial charge in [-0.15, -0.1) is 0 Å². The summed E-state index contributed by atoms with van der Waals surface area (Å²) in [5, 5.41) is 12.5. The Bertz CT molecular complexity index is 800. The maximum Gasteiger partial charge on any atom is 0.261 e. The molecule has 22 heavy (non-hydrogen) atoms. The van der Waals surface area contributed by atoms with Gasteiger partial charge in [-0.25, -0.2) is 4.39 Å². The van der Waals surface area contributed by atoms with Crippen molar-refractivity contribution in [3.8, 4) is 22.8 Å². The maximum absolute atomic E-state index is 12.3. The van der Waals surface area contributed by atoms with Crippen LogP contribution < -0.4 is 0 Å². The average molecular weight is 302 g/mol. The summed E-state index contributed by atoms with van der Waals surface area (Å²) in [6, 6.07) is 0. The van der Waals surface area contributed by atoms with Crippen LogP contribution in [0.3, 0.4) is 0 Å². The fraction of sp³-hybridized carbons (Fsp3) is 0.429. The summed E-state index contributed by atoms with van der Waals surface area (Å²) < 4.78 is 21.0. The first-order valence-corrected chi connectivity index (χ1v) is 7.21. The standard InChI is InChI=1S/C14H15FN6O/c1-20-8-11(12(18-20)9-2-3-9)14-17-13(19-22-14)10-6-16-21(7-10)5-4-15/h6-9H,2-5H2,1H3. The zero-order valence-electron chi connectivity index (χ0n) is 12.1. The van der Waals surface area contributed by atoms with Crippen molar-refractivity contribution in [2.24, 2.45) is 7.05 Å². The van der Waals surface area contributed by atoms with E-state index in [2.05, 4.69) is 20.3 Å². The van der Waals surface area contributed by atoms with Crippen molar-refractivity contribution in [2.75, 3.05) is 6.67 Å². The minimum atomic E-state index is -0.459. The molecule has 4 rings (SSSR count). The summed E-state index contributed by atoms with van der Waals surface area (Å²) >= 11 is 0. The molecule has 1 aliphatic carbocycles. The molecule has 8 heteroatoms. The molecule has 0 unspecified atom stereocenters. The van der Waals surface area contributed by atoms with Crippen molar-refractivity contribution in [3.63, 3.8) is 0 Å². The first-order valence-electron chi connectivity index (χ1n) is 7.21. The van der Waals surface area contributed by atoms with Crippen molar-refractivity contribution in [1.82, 2.24) is 29.7 Å². The summed E-state index contributed by atoms with van der Waals surface area (Å²) in [4.78, 5) is 4.43. The summed E-state index contributed by atoms with van der Waals surface area (Å²) in [5.74, 6) is 1.41. The first-order chi connectivity index (χ1) is 10.7. The first kappa shape index (κ1) is 13.2. The Morgan fingerprint density at radius 2 is 2.23 bits per heavy atom. The average Bonchev–Trinajstić information content (AvgIpc) is 2.90. The van der Waals surface area contributed by atoms with Gasteiger partial charge in [0.1, 0.15) is 6.67 Å². The smallest absolute Gasteiger partial charge is 0.261 e. The highest BCUT2D eigenvalue weighted by atomic mass is 19.1.